The normalized spacial score (nSPS) is 26.1. The van der Waals surface area contributed by atoms with E-state index in [-0.39, 0.29) is 11.9 Å². The highest BCUT2D eigenvalue weighted by atomic mass is 35.5. The molecule has 2 aliphatic rings. The zero-order valence-corrected chi connectivity index (χ0v) is 10.9. The molecule has 4 heteroatoms. The van der Waals surface area contributed by atoms with Gasteiger partial charge in [0.2, 0.25) is 5.91 Å². The van der Waals surface area contributed by atoms with Gasteiger partial charge in [-0.15, -0.1) is 0 Å². The van der Waals surface area contributed by atoms with Crippen molar-refractivity contribution in [3.05, 3.63) is 41.1 Å². The van der Waals surface area contributed by atoms with Gasteiger partial charge >= 0.3 is 0 Å². The third kappa shape index (κ3) is 1.89. The predicted molar refractivity (Wildman–Crippen MR) is 72.5 cm³/mol. The topological polar surface area (TPSA) is 32.3 Å². The summed E-state index contributed by atoms with van der Waals surface area (Å²) in [5.41, 5.74) is 2.19. The van der Waals surface area contributed by atoms with Gasteiger partial charge in [-0.2, -0.15) is 0 Å². The van der Waals surface area contributed by atoms with Gasteiger partial charge in [-0.05, 0) is 37.1 Å². The van der Waals surface area contributed by atoms with Crippen LogP contribution < -0.4 is 5.32 Å². The van der Waals surface area contributed by atoms with E-state index in [1.54, 1.807) is 0 Å². The minimum atomic E-state index is 0.0983. The number of carbonyl (C=O) groups is 1. The van der Waals surface area contributed by atoms with Gasteiger partial charge in [0.05, 0.1) is 6.04 Å². The molecule has 0 bridgehead atoms. The highest BCUT2D eigenvalue weighted by Gasteiger charge is 2.32. The molecule has 0 spiro atoms. The van der Waals surface area contributed by atoms with Crippen LogP contribution >= 0.6 is 11.6 Å². The van der Waals surface area contributed by atoms with Crippen molar-refractivity contribution in [1.29, 1.82) is 0 Å². The second kappa shape index (κ2) is 4.32. The average Bonchev–Trinajstić information content (AvgIpc) is 2.75. The van der Waals surface area contributed by atoms with Crippen molar-refractivity contribution in [3.8, 4) is 0 Å². The van der Waals surface area contributed by atoms with Gasteiger partial charge in [0, 0.05) is 29.4 Å². The Morgan fingerprint density at radius 2 is 2.28 bits per heavy atom. The van der Waals surface area contributed by atoms with Crippen LogP contribution in [-0.2, 0) is 4.79 Å². The van der Waals surface area contributed by atoms with Crippen LogP contribution in [0.3, 0.4) is 0 Å². The third-order valence-corrected chi connectivity index (χ3v) is 3.77. The van der Waals surface area contributed by atoms with Crippen LogP contribution in [0.4, 0.5) is 5.69 Å². The standard InChI is InChI=1S/C14H15ClN2O/c1-9-7-13(17-6-2-3-14(17)18)11-8-10(15)4-5-12(11)16-9/h2,4-6,8-9,13,16H,3,7H2,1H3. The molecular weight excluding hydrogens is 248 g/mol. The maximum Gasteiger partial charge on any atom is 0.230 e. The Balaban J connectivity index is 2.03. The quantitative estimate of drug-likeness (QED) is 0.842. The number of anilines is 1. The molecule has 1 aromatic carbocycles. The zero-order valence-electron chi connectivity index (χ0n) is 10.2. The minimum absolute atomic E-state index is 0.0983. The largest absolute Gasteiger partial charge is 0.382 e. The summed E-state index contributed by atoms with van der Waals surface area (Å²) in [6.07, 6.45) is 5.23. The van der Waals surface area contributed by atoms with Gasteiger partial charge in [-0.1, -0.05) is 17.7 Å². The van der Waals surface area contributed by atoms with E-state index in [9.17, 15) is 4.79 Å². The maximum atomic E-state index is 11.9. The molecule has 2 atom stereocenters. The SMILES string of the molecule is CC1CC(N2C=CCC2=O)c2cc(Cl)ccc2N1. The Bertz CT molecular complexity index is 527. The summed E-state index contributed by atoms with van der Waals surface area (Å²) in [6, 6.07) is 6.28. The van der Waals surface area contributed by atoms with Gasteiger partial charge in [0.25, 0.3) is 0 Å². The second-order valence-electron chi connectivity index (χ2n) is 4.92. The highest BCUT2D eigenvalue weighted by molar-refractivity contribution is 6.30. The summed E-state index contributed by atoms with van der Waals surface area (Å²) >= 11 is 6.07. The van der Waals surface area contributed by atoms with Crippen molar-refractivity contribution in [2.75, 3.05) is 5.32 Å². The number of rotatable bonds is 1. The van der Waals surface area contributed by atoms with Gasteiger partial charge in [-0.3, -0.25) is 4.79 Å². The number of carbonyl (C=O) groups excluding carboxylic acids is 1. The second-order valence-corrected chi connectivity index (χ2v) is 5.35. The van der Waals surface area contributed by atoms with Gasteiger partial charge < -0.3 is 10.2 Å². The Labute approximate surface area is 111 Å². The molecule has 0 saturated carbocycles. The molecule has 18 heavy (non-hydrogen) atoms. The van der Waals surface area contributed by atoms with E-state index in [0.29, 0.717) is 17.5 Å². The molecule has 0 fully saturated rings. The number of hydrogen-bond acceptors (Lipinski definition) is 2. The van der Waals surface area contributed by atoms with Gasteiger partial charge in [0.15, 0.2) is 0 Å². The van der Waals surface area contributed by atoms with Crippen molar-refractivity contribution < 1.29 is 4.79 Å². The lowest BCUT2D eigenvalue weighted by Gasteiger charge is -2.36. The molecule has 94 valence electrons. The number of amides is 1. The Hall–Kier alpha value is -1.48. The molecule has 2 heterocycles. The monoisotopic (exact) mass is 262 g/mol. The molecule has 3 rings (SSSR count). The number of benzene rings is 1. The van der Waals surface area contributed by atoms with Crippen molar-refractivity contribution in [2.24, 2.45) is 0 Å². The van der Waals surface area contributed by atoms with Gasteiger partial charge in [0.1, 0.15) is 0 Å². The molecule has 1 aromatic rings. The van der Waals surface area contributed by atoms with E-state index in [1.807, 2.05) is 35.4 Å². The first kappa shape index (κ1) is 11.6. The summed E-state index contributed by atoms with van der Waals surface area (Å²) in [5, 5.41) is 4.15. The molecule has 1 N–H and O–H groups in total. The smallest absolute Gasteiger partial charge is 0.230 e. The lowest BCUT2D eigenvalue weighted by Crippen LogP contribution is -2.35. The summed E-state index contributed by atoms with van der Waals surface area (Å²) in [4.78, 5) is 13.7. The lowest BCUT2D eigenvalue weighted by molar-refractivity contribution is -0.128. The molecule has 1 amide bonds. The molecule has 3 nitrogen and oxygen atoms in total. The van der Waals surface area contributed by atoms with Crippen LogP contribution in [0.2, 0.25) is 5.02 Å². The first-order chi connectivity index (χ1) is 8.65. The molecule has 0 aromatic heterocycles. The summed E-state index contributed by atoms with van der Waals surface area (Å²) < 4.78 is 0. The van der Waals surface area contributed by atoms with Gasteiger partial charge in [-0.25, -0.2) is 0 Å². The van der Waals surface area contributed by atoms with Crippen molar-refractivity contribution in [1.82, 2.24) is 4.90 Å². The molecular formula is C14H15ClN2O. The number of nitrogens with one attached hydrogen (secondary N) is 1. The van der Waals surface area contributed by atoms with Crippen molar-refractivity contribution in [3.63, 3.8) is 0 Å². The fourth-order valence-electron chi connectivity index (χ4n) is 2.72. The van der Waals surface area contributed by atoms with E-state index in [0.717, 1.165) is 17.7 Å². The van der Waals surface area contributed by atoms with Crippen LogP contribution in [0.1, 0.15) is 31.4 Å². The Kier molecular flexibility index (Phi) is 2.78. The van der Waals surface area contributed by atoms with Crippen LogP contribution in [0, 0.1) is 0 Å². The molecule has 0 saturated heterocycles. The zero-order chi connectivity index (χ0) is 12.7. The summed E-state index contributed by atoms with van der Waals surface area (Å²) in [5.74, 6) is 0.167. The first-order valence-electron chi connectivity index (χ1n) is 6.19. The van der Waals surface area contributed by atoms with E-state index < -0.39 is 0 Å². The number of fused-ring (bicyclic) bond motifs is 1. The first-order valence-corrected chi connectivity index (χ1v) is 6.57. The van der Waals surface area contributed by atoms with E-state index in [4.69, 9.17) is 11.6 Å². The fourth-order valence-corrected chi connectivity index (χ4v) is 2.90. The molecule has 0 aliphatic carbocycles. The third-order valence-electron chi connectivity index (χ3n) is 3.53. The van der Waals surface area contributed by atoms with Crippen LogP contribution in [0.25, 0.3) is 0 Å². The van der Waals surface area contributed by atoms with E-state index in [2.05, 4.69) is 12.2 Å². The number of hydrogen-bond donors (Lipinski definition) is 1. The van der Waals surface area contributed by atoms with Crippen molar-refractivity contribution in [2.45, 2.75) is 31.8 Å². The summed E-state index contributed by atoms with van der Waals surface area (Å²) in [7, 11) is 0. The Morgan fingerprint density at radius 1 is 1.44 bits per heavy atom. The molecule has 0 radical (unpaired) electrons. The number of halogens is 1. The van der Waals surface area contributed by atoms with Crippen LogP contribution in [0.15, 0.2) is 30.5 Å². The van der Waals surface area contributed by atoms with Crippen LogP contribution in [-0.4, -0.2) is 16.8 Å². The number of nitrogens with zero attached hydrogens (tertiary/aromatic N) is 1. The van der Waals surface area contributed by atoms with Crippen LogP contribution in [0.5, 0.6) is 0 Å². The maximum absolute atomic E-state index is 11.9. The molecule has 2 aliphatic heterocycles. The predicted octanol–water partition coefficient (Wildman–Crippen LogP) is 3.33. The lowest BCUT2D eigenvalue weighted by atomic mass is 9.92. The summed E-state index contributed by atoms with van der Waals surface area (Å²) in [6.45, 7) is 2.13. The fraction of sp³-hybridized carbons (Fsp3) is 0.357. The Morgan fingerprint density at radius 3 is 3.00 bits per heavy atom. The average molecular weight is 263 g/mol. The van der Waals surface area contributed by atoms with E-state index in [1.165, 1.54) is 0 Å². The van der Waals surface area contributed by atoms with E-state index >= 15 is 0 Å². The minimum Gasteiger partial charge on any atom is -0.382 e. The highest BCUT2D eigenvalue weighted by Crippen LogP contribution is 2.39. The molecule has 2 unspecified atom stereocenters. The van der Waals surface area contributed by atoms with Crippen molar-refractivity contribution >= 4 is 23.2 Å².